The van der Waals surface area contributed by atoms with Crippen molar-refractivity contribution in [3.8, 4) is 0 Å². The molecule has 1 amide bonds. The molecule has 0 spiro atoms. The van der Waals surface area contributed by atoms with E-state index in [9.17, 15) is 9.18 Å². The molecule has 0 radical (unpaired) electrons. The first-order valence-electron chi connectivity index (χ1n) is 10.2. The minimum atomic E-state index is -0.321. The topological polar surface area (TPSA) is 39.0 Å². The number of anilines is 1. The van der Waals surface area contributed by atoms with Crippen LogP contribution in [0, 0.1) is 5.82 Å². The van der Waals surface area contributed by atoms with Crippen molar-refractivity contribution in [3.63, 3.8) is 0 Å². The Labute approximate surface area is 179 Å². The zero-order chi connectivity index (χ0) is 21.5. The minimum Gasteiger partial charge on any atom is -0.351 e. The first-order valence-corrected chi connectivity index (χ1v) is 10.2. The van der Waals surface area contributed by atoms with Crippen molar-refractivity contribution in [2.45, 2.75) is 13.0 Å². The second-order valence-electron chi connectivity index (χ2n) is 7.84. The van der Waals surface area contributed by atoms with Gasteiger partial charge in [-0.1, -0.05) is 30.3 Å². The normalized spacial score (nSPS) is 12.4. The van der Waals surface area contributed by atoms with Gasteiger partial charge in [-0.15, -0.1) is 0 Å². The van der Waals surface area contributed by atoms with E-state index < -0.39 is 0 Å². The van der Waals surface area contributed by atoms with Crippen molar-refractivity contribution < 1.29 is 9.18 Å². The van der Waals surface area contributed by atoms with Gasteiger partial charge in [-0.3, -0.25) is 4.79 Å². The van der Waals surface area contributed by atoms with Crippen molar-refractivity contribution in [1.82, 2.24) is 9.13 Å². The van der Waals surface area contributed by atoms with Gasteiger partial charge >= 0.3 is 0 Å². The van der Waals surface area contributed by atoms with E-state index in [0.717, 1.165) is 27.7 Å². The number of nitrogens with zero attached hydrogens (tertiary/aromatic N) is 2. The number of amides is 1. The zero-order valence-corrected chi connectivity index (χ0v) is 17.3. The lowest BCUT2D eigenvalue weighted by Crippen LogP contribution is -2.19. The van der Waals surface area contributed by atoms with E-state index in [1.54, 1.807) is 12.1 Å². The Kier molecular flexibility index (Phi) is 4.59. The summed E-state index contributed by atoms with van der Waals surface area (Å²) in [6, 6.07) is 24.1. The lowest BCUT2D eigenvalue weighted by atomic mass is 10.1. The van der Waals surface area contributed by atoms with Gasteiger partial charge in [0, 0.05) is 40.7 Å². The summed E-state index contributed by atoms with van der Waals surface area (Å²) in [5.41, 5.74) is 4.20. The smallest absolute Gasteiger partial charge is 0.272 e. The van der Waals surface area contributed by atoms with Crippen LogP contribution in [0.3, 0.4) is 0 Å². The molecule has 0 saturated heterocycles. The van der Waals surface area contributed by atoms with E-state index in [0.29, 0.717) is 11.1 Å². The molecular weight excluding hydrogens is 389 g/mol. The standard InChI is InChI=1S/C26H22FN3O/c1-17(18-6-4-3-5-7-18)30-24-10-8-21(27)14-20(24)16-25(30)26(31)28-22-9-11-23-19(15-22)12-13-29(23)2/h3-17H,1-2H3,(H,28,31). The van der Waals surface area contributed by atoms with Gasteiger partial charge in [0.05, 0.1) is 6.04 Å². The fraction of sp³-hybridized carbons (Fsp3) is 0.115. The molecule has 0 aliphatic heterocycles. The Hall–Kier alpha value is -3.86. The van der Waals surface area contributed by atoms with Gasteiger partial charge in [-0.25, -0.2) is 4.39 Å². The Balaban J connectivity index is 1.58. The maximum absolute atomic E-state index is 13.9. The number of carbonyl (C=O) groups is 1. The second kappa shape index (κ2) is 7.43. The molecule has 0 aliphatic carbocycles. The van der Waals surface area contributed by atoms with E-state index in [-0.39, 0.29) is 17.8 Å². The number of hydrogen-bond donors (Lipinski definition) is 1. The largest absolute Gasteiger partial charge is 0.351 e. The molecule has 4 nitrogen and oxygen atoms in total. The molecule has 1 unspecified atom stereocenters. The molecule has 5 heteroatoms. The molecule has 0 saturated carbocycles. The summed E-state index contributed by atoms with van der Waals surface area (Å²) in [5.74, 6) is -0.548. The van der Waals surface area contributed by atoms with E-state index >= 15 is 0 Å². The van der Waals surface area contributed by atoms with Crippen LogP contribution in [0.15, 0.2) is 85.1 Å². The first kappa shape index (κ1) is 19.1. The van der Waals surface area contributed by atoms with Crippen molar-refractivity contribution in [2.75, 3.05) is 5.32 Å². The second-order valence-corrected chi connectivity index (χ2v) is 7.84. The van der Waals surface area contributed by atoms with Crippen LogP contribution in [-0.4, -0.2) is 15.0 Å². The molecule has 5 aromatic rings. The summed E-state index contributed by atoms with van der Waals surface area (Å²) in [6.07, 6.45) is 1.99. The predicted molar refractivity (Wildman–Crippen MR) is 123 cm³/mol. The molecule has 1 atom stereocenters. The van der Waals surface area contributed by atoms with Crippen LogP contribution >= 0.6 is 0 Å². The molecule has 0 aliphatic rings. The zero-order valence-electron chi connectivity index (χ0n) is 17.3. The Morgan fingerprint density at radius 1 is 0.903 bits per heavy atom. The average molecular weight is 411 g/mol. The SMILES string of the molecule is CC(c1ccccc1)n1c(C(=O)Nc2ccc3c(ccn3C)c2)cc2cc(F)ccc21. The first-order chi connectivity index (χ1) is 15.0. The molecule has 31 heavy (non-hydrogen) atoms. The van der Waals surface area contributed by atoms with Gasteiger partial charge in [0.25, 0.3) is 5.91 Å². The van der Waals surface area contributed by atoms with E-state index in [1.807, 2.05) is 83.9 Å². The van der Waals surface area contributed by atoms with Crippen LogP contribution in [-0.2, 0) is 7.05 Å². The molecule has 5 rings (SSSR count). The van der Waals surface area contributed by atoms with Crippen molar-refractivity contribution in [3.05, 3.63) is 102 Å². The van der Waals surface area contributed by atoms with Crippen LogP contribution in [0.25, 0.3) is 21.8 Å². The maximum Gasteiger partial charge on any atom is 0.272 e. The third kappa shape index (κ3) is 3.38. The number of fused-ring (bicyclic) bond motifs is 2. The van der Waals surface area contributed by atoms with Crippen LogP contribution < -0.4 is 5.32 Å². The van der Waals surface area contributed by atoms with Gasteiger partial charge < -0.3 is 14.5 Å². The number of hydrogen-bond acceptors (Lipinski definition) is 1. The minimum absolute atomic E-state index is 0.0958. The summed E-state index contributed by atoms with van der Waals surface area (Å²) < 4.78 is 17.9. The summed E-state index contributed by atoms with van der Waals surface area (Å²) in [4.78, 5) is 13.3. The molecule has 3 aromatic carbocycles. The lowest BCUT2D eigenvalue weighted by Gasteiger charge is -2.19. The van der Waals surface area contributed by atoms with Gasteiger partial charge in [-0.05, 0) is 61.0 Å². The van der Waals surface area contributed by atoms with Crippen LogP contribution in [0.2, 0.25) is 0 Å². The van der Waals surface area contributed by atoms with Crippen LogP contribution in [0.5, 0.6) is 0 Å². The molecule has 0 fully saturated rings. The van der Waals surface area contributed by atoms with Gasteiger partial charge in [0.15, 0.2) is 0 Å². The average Bonchev–Trinajstić information content (AvgIpc) is 3.34. The van der Waals surface area contributed by atoms with Gasteiger partial charge in [0.2, 0.25) is 0 Å². The highest BCUT2D eigenvalue weighted by Gasteiger charge is 2.21. The summed E-state index contributed by atoms with van der Waals surface area (Å²) in [5, 5.41) is 4.78. The van der Waals surface area contributed by atoms with E-state index in [1.165, 1.54) is 12.1 Å². The highest BCUT2D eigenvalue weighted by molar-refractivity contribution is 6.07. The third-order valence-corrected chi connectivity index (χ3v) is 5.85. The Bertz CT molecular complexity index is 1420. The van der Waals surface area contributed by atoms with Crippen molar-refractivity contribution >= 4 is 33.4 Å². The molecule has 154 valence electrons. The van der Waals surface area contributed by atoms with Crippen molar-refractivity contribution in [1.29, 1.82) is 0 Å². The number of halogens is 1. The summed E-state index contributed by atoms with van der Waals surface area (Å²) in [6.45, 7) is 2.05. The summed E-state index contributed by atoms with van der Waals surface area (Å²) >= 11 is 0. The number of benzene rings is 3. The molecule has 2 aromatic heterocycles. The monoisotopic (exact) mass is 411 g/mol. The predicted octanol–water partition coefficient (Wildman–Crippen LogP) is 6.13. The van der Waals surface area contributed by atoms with E-state index in [4.69, 9.17) is 0 Å². The van der Waals surface area contributed by atoms with Gasteiger partial charge in [-0.2, -0.15) is 0 Å². The van der Waals surface area contributed by atoms with Crippen LogP contribution in [0.1, 0.15) is 29.0 Å². The fourth-order valence-electron chi connectivity index (χ4n) is 4.23. The highest BCUT2D eigenvalue weighted by Crippen LogP contribution is 2.30. The lowest BCUT2D eigenvalue weighted by molar-refractivity contribution is 0.101. The van der Waals surface area contributed by atoms with Crippen LogP contribution in [0.4, 0.5) is 10.1 Å². The Morgan fingerprint density at radius 3 is 2.48 bits per heavy atom. The van der Waals surface area contributed by atoms with Crippen molar-refractivity contribution in [2.24, 2.45) is 7.05 Å². The number of aryl methyl sites for hydroxylation is 1. The maximum atomic E-state index is 13.9. The number of carbonyl (C=O) groups excluding carboxylic acids is 1. The molecular formula is C26H22FN3O. The Morgan fingerprint density at radius 2 is 1.68 bits per heavy atom. The number of nitrogens with one attached hydrogen (secondary N) is 1. The summed E-state index contributed by atoms with van der Waals surface area (Å²) in [7, 11) is 1.99. The quantitative estimate of drug-likeness (QED) is 0.379. The number of rotatable bonds is 4. The highest BCUT2D eigenvalue weighted by atomic mass is 19.1. The number of aromatic nitrogens is 2. The van der Waals surface area contributed by atoms with Gasteiger partial charge in [0.1, 0.15) is 11.5 Å². The third-order valence-electron chi connectivity index (χ3n) is 5.85. The molecule has 0 bridgehead atoms. The molecule has 2 heterocycles. The fourth-order valence-corrected chi connectivity index (χ4v) is 4.23. The van der Waals surface area contributed by atoms with E-state index in [2.05, 4.69) is 5.32 Å². The molecule has 1 N–H and O–H groups in total.